The zero-order valence-corrected chi connectivity index (χ0v) is 12.0. The first-order valence-corrected chi connectivity index (χ1v) is 6.92. The number of nitrogens with one attached hydrogen (secondary N) is 1. The van der Waals surface area contributed by atoms with Crippen LogP contribution < -0.4 is 11.1 Å². The first-order valence-electron chi connectivity index (χ1n) is 5.63. The van der Waals surface area contributed by atoms with Gasteiger partial charge in [0, 0.05) is 0 Å². The number of amides is 1. The lowest BCUT2D eigenvalue weighted by atomic mass is 9.98. The van der Waals surface area contributed by atoms with Gasteiger partial charge in [-0.3, -0.25) is 4.79 Å². The molecule has 0 aliphatic carbocycles. The fourth-order valence-electron chi connectivity index (χ4n) is 1.44. The molecule has 1 amide bonds. The van der Waals surface area contributed by atoms with E-state index in [0.29, 0.717) is 11.4 Å². The molecule has 0 radical (unpaired) electrons. The van der Waals surface area contributed by atoms with Gasteiger partial charge in [-0.25, -0.2) is 0 Å². The Labute approximate surface area is 111 Å². The molecule has 3 N–H and O–H groups in total. The molecule has 94 valence electrons. The Morgan fingerprint density at radius 2 is 2.24 bits per heavy atom. The van der Waals surface area contributed by atoms with E-state index in [4.69, 9.17) is 18.0 Å². The van der Waals surface area contributed by atoms with Gasteiger partial charge in [0.2, 0.25) is 0 Å². The van der Waals surface area contributed by atoms with Crippen molar-refractivity contribution in [2.75, 3.05) is 0 Å². The molecule has 5 heteroatoms. The maximum Gasteiger partial charge on any atom is 0.262 e. The van der Waals surface area contributed by atoms with Crippen LogP contribution in [-0.4, -0.2) is 16.4 Å². The molecule has 1 heterocycles. The van der Waals surface area contributed by atoms with Crippen LogP contribution in [0.4, 0.5) is 0 Å². The predicted molar refractivity (Wildman–Crippen MR) is 76.6 cm³/mol. The summed E-state index contributed by atoms with van der Waals surface area (Å²) in [5, 5.41) is 4.85. The monoisotopic (exact) mass is 270 g/mol. The van der Waals surface area contributed by atoms with Crippen molar-refractivity contribution in [3.8, 4) is 0 Å². The van der Waals surface area contributed by atoms with Crippen molar-refractivity contribution in [3.63, 3.8) is 0 Å². The largest absolute Gasteiger partial charge is 0.391 e. The fraction of sp³-hybridized carbons (Fsp3) is 0.500. The average molecular weight is 270 g/mol. The Hall–Kier alpha value is -0.940. The molecule has 0 bridgehead atoms. The summed E-state index contributed by atoms with van der Waals surface area (Å²) in [6, 6.07) is 1.98. The summed E-state index contributed by atoms with van der Waals surface area (Å²) in [6.07, 6.45) is 1.53. The van der Waals surface area contributed by atoms with Crippen LogP contribution >= 0.6 is 23.6 Å². The van der Waals surface area contributed by atoms with E-state index in [0.717, 1.165) is 16.9 Å². The minimum Gasteiger partial charge on any atom is -0.391 e. The number of hydrogen-bond donors (Lipinski definition) is 2. The molecule has 1 aromatic heterocycles. The van der Waals surface area contributed by atoms with Crippen LogP contribution in [0.5, 0.6) is 0 Å². The van der Waals surface area contributed by atoms with Crippen molar-refractivity contribution < 1.29 is 4.79 Å². The number of thiocarbonyl (C=S) groups is 1. The number of hydrogen-bond acceptors (Lipinski definition) is 3. The van der Waals surface area contributed by atoms with Gasteiger partial charge in [-0.1, -0.05) is 26.1 Å². The molecule has 0 aliphatic heterocycles. The summed E-state index contributed by atoms with van der Waals surface area (Å²) < 4.78 is 0. The second-order valence-electron chi connectivity index (χ2n) is 4.13. The third-order valence-electron chi connectivity index (χ3n) is 2.97. The van der Waals surface area contributed by atoms with Crippen LogP contribution in [0.25, 0.3) is 0 Å². The maximum absolute atomic E-state index is 12.1. The average Bonchev–Trinajstić information content (AvgIpc) is 2.76. The normalized spacial score (nSPS) is 14.1. The van der Waals surface area contributed by atoms with E-state index in [9.17, 15) is 4.79 Å². The van der Waals surface area contributed by atoms with E-state index in [1.54, 1.807) is 0 Å². The van der Waals surface area contributed by atoms with Crippen molar-refractivity contribution >= 4 is 34.5 Å². The summed E-state index contributed by atoms with van der Waals surface area (Å²) in [7, 11) is 0. The van der Waals surface area contributed by atoms with Gasteiger partial charge in [-0.15, -0.1) is 11.3 Å². The highest BCUT2D eigenvalue weighted by Gasteiger charge is 2.28. The summed E-state index contributed by atoms with van der Waals surface area (Å²) in [6.45, 7) is 5.84. The molecule has 0 fully saturated rings. The van der Waals surface area contributed by atoms with E-state index in [1.165, 1.54) is 11.3 Å². The van der Waals surface area contributed by atoms with Crippen LogP contribution in [0, 0.1) is 0 Å². The SMILES string of the molecule is CCc1ccsc1C(=O)NC(C)(CC)C(N)=S. The number of carbonyl (C=O) groups excluding carboxylic acids is 1. The number of aryl methyl sites for hydroxylation is 1. The van der Waals surface area contributed by atoms with Gasteiger partial charge in [0.15, 0.2) is 0 Å². The van der Waals surface area contributed by atoms with Crippen molar-refractivity contribution in [3.05, 3.63) is 21.9 Å². The molecule has 17 heavy (non-hydrogen) atoms. The van der Waals surface area contributed by atoms with Gasteiger partial charge >= 0.3 is 0 Å². The lowest BCUT2D eigenvalue weighted by Gasteiger charge is -2.28. The topological polar surface area (TPSA) is 55.1 Å². The standard InChI is InChI=1S/C12H18N2OS2/c1-4-8-6-7-17-9(8)10(15)14-12(3,5-2)11(13)16/h6-7H,4-5H2,1-3H3,(H2,13,16)(H,14,15). The van der Waals surface area contributed by atoms with E-state index in [-0.39, 0.29) is 5.91 Å². The lowest BCUT2D eigenvalue weighted by Crippen LogP contribution is -2.54. The maximum atomic E-state index is 12.1. The van der Waals surface area contributed by atoms with Gasteiger partial charge in [0.05, 0.1) is 15.4 Å². The fourth-order valence-corrected chi connectivity index (χ4v) is 2.53. The third kappa shape index (κ3) is 3.04. The zero-order valence-electron chi connectivity index (χ0n) is 10.4. The van der Waals surface area contributed by atoms with Gasteiger partial charge in [0.25, 0.3) is 5.91 Å². The first kappa shape index (κ1) is 14.1. The second kappa shape index (κ2) is 5.60. The first-order chi connectivity index (χ1) is 7.94. The number of thiophene rings is 1. The summed E-state index contributed by atoms with van der Waals surface area (Å²) in [5.41, 5.74) is 6.13. The van der Waals surface area contributed by atoms with Gasteiger partial charge in [0.1, 0.15) is 0 Å². The zero-order chi connectivity index (χ0) is 13.1. The van der Waals surface area contributed by atoms with Gasteiger partial charge < -0.3 is 11.1 Å². The minimum absolute atomic E-state index is 0.0889. The minimum atomic E-state index is -0.610. The van der Waals surface area contributed by atoms with Crippen LogP contribution in [0.15, 0.2) is 11.4 Å². The van der Waals surface area contributed by atoms with Crippen LogP contribution in [0.1, 0.15) is 42.4 Å². The molecule has 1 atom stereocenters. The van der Waals surface area contributed by atoms with Crippen molar-refractivity contribution in [1.29, 1.82) is 0 Å². The summed E-state index contributed by atoms with van der Waals surface area (Å²) >= 11 is 6.45. The Bertz CT molecular complexity index is 428. The van der Waals surface area contributed by atoms with E-state index < -0.39 is 5.54 Å². The molecule has 0 spiro atoms. The van der Waals surface area contributed by atoms with E-state index in [1.807, 2.05) is 32.2 Å². The van der Waals surface area contributed by atoms with Crippen molar-refractivity contribution in [1.82, 2.24) is 5.32 Å². The molecule has 0 aliphatic rings. The summed E-state index contributed by atoms with van der Waals surface area (Å²) in [5.74, 6) is -0.0889. The summed E-state index contributed by atoms with van der Waals surface area (Å²) in [4.78, 5) is 13.2. The number of carbonyl (C=O) groups is 1. The molecule has 0 saturated carbocycles. The number of nitrogens with two attached hydrogens (primary N) is 1. The van der Waals surface area contributed by atoms with Crippen LogP contribution in [-0.2, 0) is 6.42 Å². The highest BCUT2D eigenvalue weighted by molar-refractivity contribution is 7.80. The molecule has 1 aromatic rings. The quantitative estimate of drug-likeness (QED) is 0.808. The molecule has 0 aromatic carbocycles. The van der Waals surface area contributed by atoms with E-state index >= 15 is 0 Å². The Kier molecular flexibility index (Phi) is 4.65. The molecular formula is C12H18N2OS2. The van der Waals surface area contributed by atoms with Crippen molar-refractivity contribution in [2.24, 2.45) is 5.73 Å². The lowest BCUT2D eigenvalue weighted by molar-refractivity contribution is 0.0930. The van der Waals surface area contributed by atoms with Crippen LogP contribution in [0.3, 0.4) is 0 Å². The Morgan fingerprint density at radius 1 is 1.59 bits per heavy atom. The molecule has 3 nitrogen and oxygen atoms in total. The third-order valence-corrected chi connectivity index (χ3v) is 4.38. The highest BCUT2D eigenvalue weighted by Crippen LogP contribution is 2.19. The smallest absolute Gasteiger partial charge is 0.262 e. The predicted octanol–water partition coefficient (Wildman–Crippen LogP) is 2.50. The Balaban J connectivity index is 2.89. The van der Waals surface area contributed by atoms with Crippen molar-refractivity contribution in [2.45, 2.75) is 39.2 Å². The van der Waals surface area contributed by atoms with Crippen LogP contribution in [0.2, 0.25) is 0 Å². The molecule has 1 rings (SSSR count). The Morgan fingerprint density at radius 3 is 2.71 bits per heavy atom. The van der Waals surface area contributed by atoms with Gasteiger partial charge in [-0.05, 0) is 36.8 Å². The van der Waals surface area contributed by atoms with Gasteiger partial charge in [-0.2, -0.15) is 0 Å². The highest BCUT2D eigenvalue weighted by atomic mass is 32.1. The second-order valence-corrected chi connectivity index (χ2v) is 5.49. The molecular weight excluding hydrogens is 252 g/mol. The van der Waals surface area contributed by atoms with E-state index in [2.05, 4.69) is 5.32 Å². The molecule has 0 saturated heterocycles. The number of rotatable bonds is 5. The molecule has 1 unspecified atom stereocenters.